The fraction of sp³-hybridized carbons (Fsp3) is 0.353. The van der Waals surface area contributed by atoms with Crippen molar-refractivity contribution in [3.05, 3.63) is 52.9 Å². The molecule has 0 atom stereocenters. The van der Waals surface area contributed by atoms with Gasteiger partial charge in [0.1, 0.15) is 4.21 Å². The highest BCUT2D eigenvalue weighted by atomic mass is 32.2. The molecule has 0 spiro atoms. The Kier molecular flexibility index (Phi) is 5.15. The molecule has 128 valence electrons. The van der Waals surface area contributed by atoms with Crippen LogP contribution in [0.3, 0.4) is 0 Å². The number of hydrogen-bond donors (Lipinski definition) is 0. The van der Waals surface area contributed by atoms with E-state index in [9.17, 15) is 13.2 Å². The average molecular weight is 364 g/mol. The average Bonchev–Trinajstić information content (AvgIpc) is 3.03. The van der Waals surface area contributed by atoms with E-state index in [-0.39, 0.29) is 5.78 Å². The lowest BCUT2D eigenvalue weighted by Crippen LogP contribution is -2.49. The summed E-state index contributed by atoms with van der Waals surface area (Å²) in [5.41, 5.74) is 0.696. The van der Waals surface area contributed by atoms with Crippen LogP contribution in [-0.2, 0) is 10.0 Å². The van der Waals surface area contributed by atoms with Crippen molar-refractivity contribution >= 4 is 27.1 Å². The molecule has 0 radical (unpaired) electrons. The predicted octanol–water partition coefficient (Wildman–Crippen LogP) is 2.25. The molecule has 2 aromatic rings. The van der Waals surface area contributed by atoms with Crippen molar-refractivity contribution in [3.63, 3.8) is 0 Å². The Morgan fingerprint density at radius 2 is 1.71 bits per heavy atom. The van der Waals surface area contributed by atoms with Crippen LogP contribution in [0.15, 0.2) is 46.7 Å². The molecule has 0 unspecified atom stereocenters. The Morgan fingerprint density at radius 3 is 2.29 bits per heavy atom. The van der Waals surface area contributed by atoms with Crippen molar-refractivity contribution in [3.8, 4) is 0 Å². The number of sulfonamides is 1. The molecule has 0 aliphatic carbocycles. The molecule has 0 amide bonds. The van der Waals surface area contributed by atoms with Crippen LogP contribution in [0.2, 0.25) is 0 Å². The third-order valence-corrected chi connectivity index (χ3v) is 7.47. The molecule has 5 nitrogen and oxygen atoms in total. The van der Waals surface area contributed by atoms with Crippen molar-refractivity contribution < 1.29 is 13.2 Å². The van der Waals surface area contributed by atoms with Crippen molar-refractivity contribution in [1.29, 1.82) is 0 Å². The first-order valence-corrected chi connectivity index (χ1v) is 10.1. The highest BCUT2D eigenvalue weighted by molar-refractivity contribution is 7.91. The number of carbonyl (C=O) groups excluding carboxylic acids is 1. The number of Topliss-reactive ketones (excluding diaryl/α,β-unsaturated/α-hetero) is 1. The molecule has 0 N–H and O–H groups in total. The summed E-state index contributed by atoms with van der Waals surface area (Å²) in [4.78, 5) is 15.2. The number of benzene rings is 1. The number of ketones is 1. The van der Waals surface area contributed by atoms with Gasteiger partial charge in [-0.25, -0.2) is 8.42 Å². The molecular weight excluding hydrogens is 344 g/mol. The van der Waals surface area contributed by atoms with Gasteiger partial charge in [0.2, 0.25) is 0 Å². The predicted molar refractivity (Wildman–Crippen MR) is 95.0 cm³/mol. The second-order valence-corrected chi connectivity index (χ2v) is 9.29. The van der Waals surface area contributed by atoms with Crippen LogP contribution in [0.4, 0.5) is 0 Å². The van der Waals surface area contributed by atoms with Crippen LogP contribution >= 0.6 is 11.3 Å². The topological polar surface area (TPSA) is 57.7 Å². The molecule has 0 saturated carbocycles. The van der Waals surface area contributed by atoms with E-state index in [1.807, 2.05) is 48.2 Å². The lowest BCUT2D eigenvalue weighted by atomic mass is 10.1. The van der Waals surface area contributed by atoms with Gasteiger partial charge in [-0.1, -0.05) is 30.3 Å². The second-order valence-electron chi connectivity index (χ2n) is 5.83. The largest absolute Gasteiger partial charge is 0.293 e. The number of carbonyl (C=O) groups is 1. The van der Waals surface area contributed by atoms with Gasteiger partial charge in [-0.15, -0.1) is 11.3 Å². The first-order valence-electron chi connectivity index (χ1n) is 7.84. The van der Waals surface area contributed by atoms with Crippen LogP contribution < -0.4 is 0 Å². The molecule has 2 heterocycles. The zero-order chi connectivity index (χ0) is 17.2. The summed E-state index contributed by atoms with van der Waals surface area (Å²) < 4.78 is 27.1. The summed E-state index contributed by atoms with van der Waals surface area (Å²) in [7, 11) is -3.41. The smallest absolute Gasteiger partial charge is 0.252 e. The van der Waals surface area contributed by atoms with Crippen LogP contribution in [0.25, 0.3) is 0 Å². The fourth-order valence-electron chi connectivity index (χ4n) is 2.72. The maximum absolute atomic E-state index is 12.6. The number of aryl methyl sites for hydroxylation is 1. The Bertz CT molecular complexity index is 807. The minimum atomic E-state index is -3.41. The molecule has 1 aromatic heterocycles. The monoisotopic (exact) mass is 364 g/mol. The number of hydrogen-bond acceptors (Lipinski definition) is 5. The number of rotatable bonds is 5. The number of nitrogens with zero attached hydrogens (tertiary/aromatic N) is 2. The summed E-state index contributed by atoms with van der Waals surface area (Å²) in [5.74, 6) is 0.0702. The van der Waals surface area contributed by atoms with Crippen LogP contribution in [0, 0.1) is 6.92 Å². The second kappa shape index (κ2) is 7.14. The SMILES string of the molecule is Cc1ccc(S(=O)(=O)N2CCN(CC(=O)c3ccccc3)CC2)s1. The van der Waals surface area contributed by atoms with Gasteiger partial charge in [0.25, 0.3) is 10.0 Å². The zero-order valence-electron chi connectivity index (χ0n) is 13.5. The van der Waals surface area contributed by atoms with E-state index in [1.165, 1.54) is 15.6 Å². The van der Waals surface area contributed by atoms with Crippen LogP contribution in [0.1, 0.15) is 15.2 Å². The fourth-order valence-corrected chi connectivity index (χ4v) is 5.58. The van der Waals surface area contributed by atoms with Gasteiger partial charge in [-0.2, -0.15) is 4.31 Å². The minimum absolute atomic E-state index is 0.0702. The van der Waals surface area contributed by atoms with Crippen molar-refractivity contribution in [1.82, 2.24) is 9.21 Å². The van der Waals surface area contributed by atoms with Gasteiger partial charge in [0, 0.05) is 36.6 Å². The minimum Gasteiger partial charge on any atom is -0.293 e. The first kappa shape index (κ1) is 17.3. The number of piperazine rings is 1. The molecule has 7 heteroatoms. The Hall–Kier alpha value is -1.54. The van der Waals surface area contributed by atoms with Crippen LogP contribution in [0.5, 0.6) is 0 Å². The standard InChI is InChI=1S/C17H20N2O3S2/c1-14-7-8-17(23-14)24(21,22)19-11-9-18(10-12-19)13-16(20)15-5-3-2-4-6-15/h2-8H,9-13H2,1H3. The quantitative estimate of drug-likeness (QED) is 0.764. The highest BCUT2D eigenvalue weighted by Gasteiger charge is 2.30. The van der Waals surface area contributed by atoms with Gasteiger partial charge in [0.05, 0.1) is 6.54 Å². The Balaban J connectivity index is 1.59. The van der Waals surface area contributed by atoms with Crippen molar-refractivity contribution in [2.24, 2.45) is 0 Å². The maximum Gasteiger partial charge on any atom is 0.252 e. The van der Waals surface area contributed by atoms with Gasteiger partial charge >= 0.3 is 0 Å². The molecule has 24 heavy (non-hydrogen) atoms. The molecule has 1 fully saturated rings. The summed E-state index contributed by atoms with van der Waals surface area (Å²) in [6.45, 7) is 4.21. The van der Waals surface area contributed by atoms with Gasteiger partial charge in [-0.3, -0.25) is 9.69 Å². The number of thiophene rings is 1. The lowest BCUT2D eigenvalue weighted by Gasteiger charge is -2.33. The van der Waals surface area contributed by atoms with E-state index in [1.54, 1.807) is 6.07 Å². The normalized spacial score (nSPS) is 17.0. The zero-order valence-corrected chi connectivity index (χ0v) is 15.1. The van der Waals surface area contributed by atoms with Crippen molar-refractivity contribution in [2.75, 3.05) is 32.7 Å². The Labute approximate surface area is 146 Å². The molecule has 1 saturated heterocycles. The van der Waals surface area contributed by atoms with E-state index >= 15 is 0 Å². The summed E-state index contributed by atoms with van der Waals surface area (Å²) in [5, 5.41) is 0. The molecule has 0 bridgehead atoms. The van der Waals surface area contributed by atoms with Crippen molar-refractivity contribution in [2.45, 2.75) is 11.1 Å². The van der Waals surface area contributed by atoms with E-state index in [0.717, 1.165) is 4.88 Å². The molecular formula is C17H20N2O3S2. The van der Waals surface area contributed by atoms with E-state index in [2.05, 4.69) is 0 Å². The highest BCUT2D eigenvalue weighted by Crippen LogP contribution is 2.25. The molecule has 1 aromatic carbocycles. The van der Waals surface area contributed by atoms with Gasteiger partial charge in [-0.05, 0) is 19.1 Å². The summed E-state index contributed by atoms with van der Waals surface area (Å²) >= 11 is 1.30. The third-order valence-electron chi connectivity index (χ3n) is 4.10. The summed E-state index contributed by atoms with van der Waals surface area (Å²) in [6, 6.07) is 12.7. The Morgan fingerprint density at radius 1 is 1.04 bits per heavy atom. The molecule has 1 aliphatic rings. The molecule has 1 aliphatic heterocycles. The maximum atomic E-state index is 12.6. The van der Waals surface area contributed by atoms with Gasteiger partial charge < -0.3 is 0 Å². The van der Waals surface area contributed by atoms with E-state index in [0.29, 0.717) is 42.5 Å². The summed E-state index contributed by atoms with van der Waals surface area (Å²) in [6.07, 6.45) is 0. The van der Waals surface area contributed by atoms with E-state index < -0.39 is 10.0 Å². The van der Waals surface area contributed by atoms with Gasteiger partial charge in [0.15, 0.2) is 5.78 Å². The first-order chi connectivity index (χ1) is 11.5. The lowest BCUT2D eigenvalue weighted by molar-refractivity contribution is 0.0902. The van der Waals surface area contributed by atoms with Crippen LogP contribution in [-0.4, -0.2) is 56.1 Å². The van der Waals surface area contributed by atoms with E-state index in [4.69, 9.17) is 0 Å². The third kappa shape index (κ3) is 3.75. The molecule has 3 rings (SSSR count).